The van der Waals surface area contributed by atoms with Crippen LogP contribution in [0.1, 0.15) is 12.5 Å². The first kappa shape index (κ1) is 19.8. The Labute approximate surface area is 173 Å². The predicted molar refractivity (Wildman–Crippen MR) is 115 cm³/mol. The minimum Gasteiger partial charge on any atom is -0.495 e. The van der Waals surface area contributed by atoms with Crippen LogP contribution in [0.15, 0.2) is 70.0 Å². The van der Waals surface area contributed by atoms with Crippen molar-refractivity contribution in [2.45, 2.75) is 18.4 Å². The zero-order chi connectivity index (χ0) is 21.3. The molecule has 0 aliphatic carbocycles. The van der Waals surface area contributed by atoms with Gasteiger partial charge in [0, 0.05) is 30.3 Å². The summed E-state index contributed by atoms with van der Waals surface area (Å²) < 4.78 is 39.6. The molecule has 0 spiro atoms. The molecule has 7 nitrogen and oxygen atoms in total. The summed E-state index contributed by atoms with van der Waals surface area (Å²) in [6.07, 6.45) is 0. The second-order valence-electron chi connectivity index (χ2n) is 6.81. The lowest BCUT2D eigenvalue weighted by Gasteiger charge is -2.12. The van der Waals surface area contributed by atoms with Gasteiger partial charge < -0.3 is 14.5 Å². The zero-order valence-electron chi connectivity index (χ0n) is 16.4. The normalized spacial score (nSPS) is 11.5. The highest BCUT2D eigenvalue weighted by molar-refractivity contribution is 7.92. The summed E-state index contributed by atoms with van der Waals surface area (Å²) in [5.74, 6) is 0.237. The number of sulfonamides is 1. The Morgan fingerprint density at radius 2 is 1.73 bits per heavy atom. The molecule has 0 unspecified atom stereocenters. The van der Waals surface area contributed by atoms with Crippen LogP contribution in [0, 0.1) is 0 Å². The van der Waals surface area contributed by atoms with Crippen molar-refractivity contribution >= 4 is 43.6 Å². The van der Waals surface area contributed by atoms with Gasteiger partial charge in [-0.3, -0.25) is 9.52 Å². The van der Waals surface area contributed by atoms with Crippen LogP contribution in [-0.2, 0) is 21.4 Å². The van der Waals surface area contributed by atoms with Crippen molar-refractivity contribution in [2.24, 2.45) is 0 Å². The van der Waals surface area contributed by atoms with Gasteiger partial charge in [-0.05, 0) is 29.8 Å². The highest BCUT2D eigenvalue weighted by atomic mass is 32.2. The summed E-state index contributed by atoms with van der Waals surface area (Å²) in [5, 5.41) is 4.44. The third kappa shape index (κ3) is 3.81. The summed E-state index contributed by atoms with van der Waals surface area (Å²) in [7, 11) is -2.37. The number of benzene rings is 3. The average Bonchev–Trinajstić information content (AvgIpc) is 3.09. The van der Waals surface area contributed by atoms with Gasteiger partial charge in [-0.25, -0.2) is 8.42 Å². The number of ether oxygens (including phenoxy) is 1. The molecule has 0 fully saturated rings. The van der Waals surface area contributed by atoms with Crippen molar-refractivity contribution in [1.82, 2.24) is 5.32 Å². The number of furan rings is 1. The van der Waals surface area contributed by atoms with Crippen LogP contribution in [-0.4, -0.2) is 21.4 Å². The molecule has 0 saturated carbocycles. The van der Waals surface area contributed by atoms with Gasteiger partial charge in [0.25, 0.3) is 10.0 Å². The Bertz CT molecular complexity index is 1340. The van der Waals surface area contributed by atoms with Crippen LogP contribution in [0.25, 0.3) is 21.9 Å². The fourth-order valence-corrected chi connectivity index (χ4v) is 4.28. The largest absolute Gasteiger partial charge is 0.495 e. The second kappa shape index (κ2) is 7.72. The van der Waals surface area contributed by atoms with Crippen LogP contribution < -0.4 is 14.8 Å². The van der Waals surface area contributed by atoms with E-state index >= 15 is 0 Å². The highest BCUT2D eigenvalue weighted by Crippen LogP contribution is 2.37. The minimum atomic E-state index is -3.85. The highest BCUT2D eigenvalue weighted by Gasteiger charge is 2.19. The lowest BCUT2D eigenvalue weighted by atomic mass is 10.1. The SMILES string of the molecule is COc1cc2c(cc1NS(=O)(=O)c1ccc(CNC(C)=O)cc1)oc1ccccc12. The molecule has 30 heavy (non-hydrogen) atoms. The van der Waals surface area contributed by atoms with Crippen LogP contribution in [0.5, 0.6) is 5.75 Å². The predicted octanol–water partition coefficient (Wildman–Crippen LogP) is 4.03. The fourth-order valence-electron chi connectivity index (χ4n) is 3.22. The van der Waals surface area contributed by atoms with Crippen molar-refractivity contribution in [2.75, 3.05) is 11.8 Å². The van der Waals surface area contributed by atoms with E-state index in [1.807, 2.05) is 24.3 Å². The lowest BCUT2D eigenvalue weighted by Crippen LogP contribution is -2.19. The Hall–Kier alpha value is -3.52. The van der Waals surface area contributed by atoms with Gasteiger partial charge >= 0.3 is 0 Å². The number of carbonyl (C=O) groups excluding carboxylic acids is 1. The molecule has 1 amide bonds. The maximum absolute atomic E-state index is 12.9. The molecule has 8 heteroatoms. The topological polar surface area (TPSA) is 97.6 Å². The van der Waals surface area contributed by atoms with Gasteiger partial charge in [0.05, 0.1) is 17.7 Å². The monoisotopic (exact) mass is 424 g/mol. The fraction of sp³-hybridized carbons (Fsp3) is 0.136. The number of nitrogens with one attached hydrogen (secondary N) is 2. The molecule has 154 valence electrons. The third-order valence-corrected chi connectivity index (χ3v) is 6.10. The molecule has 0 atom stereocenters. The summed E-state index contributed by atoms with van der Waals surface area (Å²) >= 11 is 0. The van der Waals surface area contributed by atoms with Crippen LogP contribution in [0.3, 0.4) is 0 Å². The first-order valence-electron chi connectivity index (χ1n) is 9.23. The second-order valence-corrected chi connectivity index (χ2v) is 8.49. The number of hydrogen-bond acceptors (Lipinski definition) is 5. The zero-order valence-corrected chi connectivity index (χ0v) is 17.2. The molecule has 2 N–H and O–H groups in total. The van der Waals surface area contributed by atoms with Crippen LogP contribution >= 0.6 is 0 Å². The van der Waals surface area contributed by atoms with E-state index in [1.165, 1.54) is 26.2 Å². The van der Waals surface area contributed by atoms with E-state index in [9.17, 15) is 13.2 Å². The van der Waals surface area contributed by atoms with E-state index in [2.05, 4.69) is 10.0 Å². The first-order chi connectivity index (χ1) is 14.4. The summed E-state index contributed by atoms with van der Waals surface area (Å²) in [4.78, 5) is 11.1. The Kier molecular flexibility index (Phi) is 5.09. The quantitative estimate of drug-likeness (QED) is 0.487. The number of para-hydroxylation sites is 1. The number of anilines is 1. The molecular formula is C22H20N2O5S. The van der Waals surface area contributed by atoms with Gasteiger partial charge in [-0.1, -0.05) is 30.3 Å². The number of methoxy groups -OCH3 is 1. The summed E-state index contributed by atoms with van der Waals surface area (Å²) in [6, 6.07) is 17.3. The number of hydrogen-bond donors (Lipinski definition) is 2. The molecular weight excluding hydrogens is 404 g/mol. The van der Waals surface area contributed by atoms with E-state index in [0.29, 0.717) is 23.5 Å². The smallest absolute Gasteiger partial charge is 0.262 e. The average molecular weight is 424 g/mol. The van der Waals surface area contributed by atoms with E-state index in [4.69, 9.17) is 9.15 Å². The Morgan fingerprint density at radius 3 is 2.43 bits per heavy atom. The molecule has 1 aromatic heterocycles. The van der Waals surface area contributed by atoms with E-state index in [-0.39, 0.29) is 16.5 Å². The number of amides is 1. The van der Waals surface area contributed by atoms with Crippen molar-refractivity contribution in [3.63, 3.8) is 0 Å². The standard InChI is InChI=1S/C22H20N2O5S/c1-14(25)23-13-15-7-9-16(10-8-15)30(26,27)24-19-12-21-18(11-22(19)28-2)17-5-3-4-6-20(17)29-21/h3-12,24H,13H2,1-2H3,(H,23,25). The van der Waals surface area contributed by atoms with Crippen molar-refractivity contribution < 1.29 is 22.4 Å². The number of fused-ring (bicyclic) bond motifs is 3. The van der Waals surface area contributed by atoms with Gasteiger partial charge in [0.2, 0.25) is 5.91 Å². The molecule has 0 radical (unpaired) electrons. The molecule has 0 aliphatic rings. The van der Waals surface area contributed by atoms with E-state index in [0.717, 1.165) is 16.3 Å². The lowest BCUT2D eigenvalue weighted by molar-refractivity contribution is -0.119. The Morgan fingerprint density at radius 1 is 1.00 bits per heavy atom. The molecule has 0 bridgehead atoms. The van der Waals surface area contributed by atoms with Crippen molar-refractivity contribution in [3.8, 4) is 5.75 Å². The number of carbonyl (C=O) groups is 1. The van der Waals surface area contributed by atoms with E-state index < -0.39 is 10.0 Å². The molecule has 0 saturated heterocycles. The summed E-state index contributed by atoms with van der Waals surface area (Å²) in [5.41, 5.74) is 2.35. The minimum absolute atomic E-state index is 0.0980. The first-order valence-corrected chi connectivity index (χ1v) is 10.7. The van der Waals surface area contributed by atoms with Gasteiger partial charge in [0.1, 0.15) is 16.9 Å². The number of rotatable bonds is 6. The van der Waals surface area contributed by atoms with Crippen molar-refractivity contribution in [1.29, 1.82) is 0 Å². The Balaban J connectivity index is 1.66. The maximum atomic E-state index is 12.9. The van der Waals surface area contributed by atoms with Gasteiger partial charge in [0.15, 0.2) is 0 Å². The molecule has 3 aromatic carbocycles. The summed E-state index contributed by atoms with van der Waals surface area (Å²) in [6.45, 7) is 1.76. The van der Waals surface area contributed by atoms with Gasteiger partial charge in [-0.2, -0.15) is 0 Å². The third-order valence-electron chi connectivity index (χ3n) is 4.72. The van der Waals surface area contributed by atoms with Crippen LogP contribution in [0.4, 0.5) is 5.69 Å². The maximum Gasteiger partial charge on any atom is 0.262 e. The van der Waals surface area contributed by atoms with Crippen molar-refractivity contribution in [3.05, 3.63) is 66.2 Å². The molecule has 0 aliphatic heterocycles. The van der Waals surface area contributed by atoms with Gasteiger partial charge in [-0.15, -0.1) is 0 Å². The van der Waals surface area contributed by atoms with Crippen LogP contribution in [0.2, 0.25) is 0 Å². The van der Waals surface area contributed by atoms with E-state index in [1.54, 1.807) is 24.3 Å². The molecule has 1 heterocycles. The molecule has 4 aromatic rings. The molecule has 4 rings (SSSR count).